The zero-order valence-corrected chi connectivity index (χ0v) is 12.6. The Morgan fingerprint density at radius 2 is 1.80 bits per heavy atom. The Morgan fingerprint density at radius 3 is 2.40 bits per heavy atom. The molecule has 0 heterocycles. The number of halogens is 3. The molecule has 0 aliphatic heterocycles. The molecule has 4 heteroatoms. The van der Waals surface area contributed by atoms with Gasteiger partial charge in [0.05, 0.1) is 10.1 Å². The van der Waals surface area contributed by atoms with Crippen LogP contribution in [0.25, 0.3) is 0 Å². The summed E-state index contributed by atoms with van der Waals surface area (Å²) in [6, 6.07) is 10.7. The van der Waals surface area contributed by atoms with Crippen molar-refractivity contribution < 1.29 is 13.9 Å². The molecule has 20 heavy (non-hydrogen) atoms. The minimum atomic E-state index is -1.30. The Kier molecular flexibility index (Phi) is 4.55. The first-order valence-electron chi connectivity index (χ1n) is 6.37. The van der Waals surface area contributed by atoms with Crippen molar-refractivity contribution in [3.05, 3.63) is 69.7 Å². The van der Waals surface area contributed by atoms with Crippen LogP contribution in [0.5, 0.6) is 0 Å². The maximum Gasteiger partial charge on any atom is 0.137 e. The summed E-state index contributed by atoms with van der Waals surface area (Å²) >= 11 is 3.12. The van der Waals surface area contributed by atoms with Crippen molar-refractivity contribution >= 4 is 15.9 Å². The molecule has 2 aromatic carbocycles. The topological polar surface area (TPSA) is 20.2 Å². The average Bonchev–Trinajstić information content (AvgIpc) is 2.43. The third kappa shape index (κ3) is 3.07. The highest BCUT2D eigenvalue weighted by molar-refractivity contribution is 9.10. The quantitative estimate of drug-likeness (QED) is 0.864. The molecule has 0 bridgehead atoms. The lowest BCUT2D eigenvalue weighted by Gasteiger charge is -2.28. The van der Waals surface area contributed by atoms with Crippen LogP contribution >= 0.6 is 15.9 Å². The smallest absolute Gasteiger partial charge is 0.137 e. The molecular formula is C16H15BrF2O. The summed E-state index contributed by atoms with van der Waals surface area (Å²) < 4.78 is 27.5. The molecule has 0 saturated carbocycles. The van der Waals surface area contributed by atoms with E-state index in [-0.39, 0.29) is 17.8 Å². The van der Waals surface area contributed by atoms with Crippen LogP contribution in [0.2, 0.25) is 0 Å². The van der Waals surface area contributed by atoms with Crippen molar-refractivity contribution in [3.8, 4) is 0 Å². The zero-order valence-electron chi connectivity index (χ0n) is 11.0. The molecule has 0 fully saturated rings. The summed E-state index contributed by atoms with van der Waals surface area (Å²) in [6.45, 7) is 1.80. The minimum Gasteiger partial charge on any atom is -0.385 e. The molecule has 1 atom stereocenters. The molecule has 0 aliphatic rings. The average molecular weight is 341 g/mol. The Labute approximate surface area is 125 Å². The molecule has 0 spiro atoms. The van der Waals surface area contributed by atoms with Gasteiger partial charge in [-0.1, -0.05) is 31.2 Å². The first-order chi connectivity index (χ1) is 9.46. The largest absolute Gasteiger partial charge is 0.385 e. The normalized spacial score (nSPS) is 14.1. The maximum atomic E-state index is 13.9. The van der Waals surface area contributed by atoms with Crippen LogP contribution in [-0.4, -0.2) is 5.11 Å². The van der Waals surface area contributed by atoms with Gasteiger partial charge in [-0.05, 0) is 46.1 Å². The second kappa shape index (κ2) is 6.02. The van der Waals surface area contributed by atoms with Gasteiger partial charge in [-0.25, -0.2) is 8.78 Å². The number of hydrogen-bond donors (Lipinski definition) is 1. The van der Waals surface area contributed by atoms with Crippen molar-refractivity contribution in [1.82, 2.24) is 0 Å². The van der Waals surface area contributed by atoms with Gasteiger partial charge in [-0.15, -0.1) is 0 Å². The van der Waals surface area contributed by atoms with Gasteiger partial charge in [0.2, 0.25) is 0 Å². The number of benzene rings is 2. The highest BCUT2D eigenvalue weighted by atomic mass is 79.9. The maximum absolute atomic E-state index is 13.9. The molecule has 0 aromatic heterocycles. The van der Waals surface area contributed by atoms with E-state index >= 15 is 0 Å². The molecule has 0 aliphatic carbocycles. The lowest BCUT2D eigenvalue weighted by molar-refractivity contribution is 0.0291. The highest BCUT2D eigenvalue weighted by Gasteiger charge is 2.30. The van der Waals surface area contributed by atoms with E-state index in [9.17, 15) is 13.9 Å². The van der Waals surface area contributed by atoms with Crippen molar-refractivity contribution in [1.29, 1.82) is 0 Å². The monoisotopic (exact) mass is 340 g/mol. The SMILES string of the molecule is CCC(O)(Cc1ccc(F)c(Br)c1)c1ccccc1F. The molecule has 1 nitrogen and oxygen atoms in total. The van der Waals surface area contributed by atoms with Crippen LogP contribution in [0.1, 0.15) is 24.5 Å². The second-order valence-corrected chi connectivity index (χ2v) is 5.64. The van der Waals surface area contributed by atoms with Crippen molar-refractivity contribution in [3.63, 3.8) is 0 Å². The van der Waals surface area contributed by atoms with E-state index in [0.29, 0.717) is 10.9 Å². The first kappa shape index (κ1) is 15.1. The van der Waals surface area contributed by atoms with Gasteiger partial charge in [0.25, 0.3) is 0 Å². The van der Waals surface area contributed by atoms with E-state index in [1.165, 1.54) is 12.1 Å². The molecule has 106 valence electrons. The van der Waals surface area contributed by atoms with E-state index in [1.54, 1.807) is 37.3 Å². The van der Waals surface area contributed by atoms with Crippen molar-refractivity contribution in [2.24, 2.45) is 0 Å². The van der Waals surface area contributed by atoms with E-state index in [0.717, 1.165) is 5.56 Å². The Hall–Kier alpha value is -1.26. The summed E-state index contributed by atoms with van der Waals surface area (Å²) in [7, 11) is 0. The molecule has 1 N–H and O–H groups in total. The lowest BCUT2D eigenvalue weighted by Crippen LogP contribution is -2.29. The summed E-state index contributed by atoms with van der Waals surface area (Å²) in [6.07, 6.45) is 0.590. The summed E-state index contributed by atoms with van der Waals surface area (Å²) in [4.78, 5) is 0. The number of aliphatic hydroxyl groups is 1. The molecule has 1 unspecified atom stereocenters. The fourth-order valence-corrected chi connectivity index (χ4v) is 2.66. The van der Waals surface area contributed by atoms with Gasteiger partial charge >= 0.3 is 0 Å². The van der Waals surface area contributed by atoms with E-state index < -0.39 is 11.4 Å². The van der Waals surface area contributed by atoms with Gasteiger partial charge in [-0.2, -0.15) is 0 Å². The fraction of sp³-hybridized carbons (Fsp3) is 0.250. The molecule has 2 rings (SSSR count). The third-order valence-corrected chi connectivity index (χ3v) is 4.05. The Bertz CT molecular complexity index is 615. The van der Waals surface area contributed by atoms with Crippen LogP contribution in [-0.2, 0) is 12.0 Å². The molecular weight excluding hydrogens is 326 g/mol. The minimum absolute atomic E-state index is 0.226. The van der Waals surface area contributed by atoms with Gasteiger partial charge in [0.15, 0.2) is 0 Å². The molecule has 0 radical (unpaired) electrons. The molecule has 0 saturated heterocycles. The van der Waals surface area contributed by atoms with E-state index in [2.05, 4.69) is 15.9 Å². The summed E-state index contributed by atoms with van der Waals surface area (Å²) in [5.41, 5.74) is -0.295. The van der Waals surface area contributed by atoms with Crippen molar-refractivity contribution in [2.45, 2.75) is 25.4 Å². The Balaban J connectivity index is 2.36. The lowest BCUT2D eigenvalue weighted by atomic mass is 9.85. The van der Waals surface area contributed by atoms with Crippen LogP contribution in [0.4, 0.5) is 8.78 Å². The number of rotatable bonds is 4. The second-order valence-electron chi connectivity index (χ2n) is 4.79. The fourth-order valence-electron chi connectivity index (χ4n) is 2.24. The predicted molar refractivity (Wildman–Crippen MR) is 78.4 cm³/mol. The van der Waals surface area contributed by atoms with E-state index in [1.807, 2.05) is 0 Å². The molecule has 2 aromatic rings. The van der Waals surface area contributed by atoms with Gasteiger partial charge < -0.3 is 5.11 Å². The van der Waals surface area contributed by atoms with Crippen LogP contribution in [0, 0.1) is 11.6 Å². The standard InChI is InChI=1S/C16H15BrF2O/c1-2-16(20,12-5-3-4-6-14(12)18)10-11-7-8-15(19)13(17)9-11/h3-9,20H,2,10H2,1H3. The number of hydrogen-bond acceptors (Lipinski definition) is 1. The zero-order chi connectivity index (χ0) is 14.8. The highest BCUT2D eigenvalue weighted by Crippen LogP contribution is 2.32. The molecule has 0 amide bonds. The van der Waals surface area contributed by atoms with Crippen LogP contribution in [0.3, 0.4) is 0 Å². The Morgan fingerprint density at radius 1 is 1.10 bits per heavy atom. The van der Waals surface area contributed by atoms with Crippen LogP contribution < -0.4 is 0 Å². The summed E-state index contributed by atoms with van der Waals surface area (Å²) in [5, 5.41) is 10.7. The first-order valence-corrected chi connectivity index (χ1v) is 7.17. The van der Waals surface area contributed by atoms with E-state index in [4.69, 9.17) is 0 Å². The third-order valence-electron chi connectivity index (χ3n) is 3.44. The van der Waals surface area contributed by atoms with Gasteiger partial charge in [0, 0.05) is 12.0 Å². The van der Waals surface area contributed by atoms with Gasteiger partial charge in [0.1, 0.15) is 11.6 Å². The van der Waals surface area contributed by atoms with Crippen LogP contribution in [0.15, 0.2) is 46.9 Å². The predicted octanol–water partition coefficient (Wildman–Crippen LogP) is 4.57. The van der Waals surface area contributed by atoms with Crippen molar-refractivity contribution in [2.75, 3.05) is 0 Å². The summed E-state index contributed by atoms with van der Waals surface area (Å²) in [5.74, 6) is -0.794. The van der Waals surface area contributed by atoms with Gasteiger partial charge in [-0.3, -0.25) is 0 Å².